The van der Waals surface area contributed by atoms with E-state index in [9.17, 15) is 9.59 Å². The van der Waals surface area contributed by atoms with Crippen molar-refractivity contribution in [2.45, 2.75) is 53.1 Å². The highest BCUT2D eigenvalue weighted by Crippen LogP contribution is 2.29. The molecule has 0 aliphatic rings. The topological polar surface area (TPSA) is 105 Å². The average molecular weight is 441 g/mol. The second-order valence-electron chi connectivity index (χ2n) is 7.90. The summed E-state index contributed by atoms with van der Waals surface area (Å²) in [7, 11) is 3.53. The van der Waals surface area contributed by atoms with Crippen LogP contribution in [0.1, 0.15) is 44.3 Å². The molecule has 2 heterocycles. The van der Waals surface area contributed by atoms with Crippen LogP contribution in [0.25, 0.3) is 16.9 Å². The number of rotatable bonds is 9. The van der Waals surface area contributed by atoms with Gasteiger partial charge >= 0.3 is 0 Å². The molecule has 1 aromatic carbocycles. The van der Waals surface area contributed by atoms with Gasteiger partial charge in [-0.2, -0.15) is 0 Å². The van der Waals surface area contributed by atoms with Crippen LogP contribution in [0.4, 0.5) is 0 Å². The maximum atomic E-state index is 12.9. The van der Waals surface area contributed by atoms with Crippen molar-refractivity contribution in [2.75, 3.05) is 20.7 Å². The number of ether oxygens (including phenoxy) is 1. The lowest BCUT2D eigenvalue weighted by atomic mass is 10.1. The van der Waals surface area contributed by atoms with E-state index < -0.39 is 0 Å². The molecule has 0 bridgehead atoms. The quantitative estimate of drug-likeness (QED) is 0.529. The van der Waals surface area contributed by atoms with Gasteiger partial charge in [0.2, 0.25) is 5.91 Å². The number of hydrogen-bond donors (Lipinski definition) is 2. The lowest BCUT2D eigenvalue weighted by molar-refractivity contribution is -0.125. The van der Waals surface area contributed by atoms with Gasteiger partial charge in [-0.3, -0.25) is 14.5 Å². The fourth-order valence-electron chi connectivity index (χ4n) is 3.72. The SMILES string of the molecule is CCCc1nc(C)c2c(=O)[nH]c(-c3cc(CN(C)C(C)C(=O)NC)ccc3OCC)nn12. The number of benzene rings is 1. The van der Waals surface area contributed by atoms with Gasteiger partial charge in [0.05, 0.1) is 23.9 Å². The monoisotopic (exact) mass is 440 g/mol. The van der Waals surface area contributed by atoms with Gasteiger partial charge in [0.25, 0.3) is 5.56 Å². The molecule has 1 unspecified atom stereocenters. The Hall–Kier alpha value is -3.20. The van der Waals surface area contributed by atoms with Crippen molar-refractivity contribution in [3.05, 3.63) is 45.6 Å². The Morgan fingerprint density at radius 2 is 2.09 bits per heavy atom. The number of carbonyl (C=O) groups is 1. The molecule has 2 aromatic heterocycles. The van der Waals surface area contributed by atoms with Gasteiger partial charge in [0.15, 0.2) is 11.3 Å². The van der Waals surface area contributed by atoms with Crippen LogP contribution in [-0.2, 0) is 17.8 Å². The Morgan fingerprint density at radius 3 is 2.75 bits per heavy atom. The number of carbonyl (C=O) groups excluding carboxylic acids is 1. The van der Waals surface area contributed by atoms with Crippen molar-refractivity contribution in [3.63, 3.8) is 0 Å². The fraction of sp³-hybridized carbons (Fsp3) is 0.478. The first-order valence-corrected chi connectivity index (χ1v) is 11.0. The molecule has 0 fully saturated rings. The third-order valence-corrected chi connectivity index (χ3v) is 5.53. The molecule has 0 aliphatic heterocycles. The molecule has 0 saturated carbocycles. The first kappa shape index (κ1) is 23.5. The predicted molar refractivity (Wildman–Crippen MR) is 124 cm³/mol. The van der Waals surface area contributed by atoms with Gasteiger partial charge in [-0.05, 0) is 51.9 Å². The van der Waals surface area contributed by atoms with Crippen molar-refractivity contribution in [2.24, 2.45) is 0 Å². The Bertz CT molecular complexity index is 1170. The molecule has 0 radical (unpaired) electrons. The van der Waals surface area contributed by atoms with E-state index in [1.54, 1.807) is 11.6 Å². The second kappa shape index (κ2) is 9.95. The largest absolute Gasteiger partial charge is 0.493 e. The summed E-state index contributed by atoms with van der Waals surface area (Å²) in [5.74, 6) is 1.77. The number of hydrogen-bond acceptors (Lipinski definition) is 6. The molecule has 1 atom stereocenters. The third kappa shape index (κ3) is 4.67. The van der Waals surface area contributed by atoms with Crippen LogP contribution >= 0.6 is 0 Å². The van der Waals surface area contributed by atoms with E-state index in [2.05, 4.69) is 22.2 Å². The lowest BCUT2D eigenvalue weighted by Crippen LogP contribution is -2.41. The summed E-state index contributed by atoms with van der Waals surface area (Å²) in [4.78, 5) is 34.3. The van der Waals surface area contributed by atoms with Gasteiger partial charge < -0.3 is 15.0 Å². The van der Waals surface area contributed by atoms with Crippen molar-refractivity contribution < 1.29 is 9.53 Å². The van der Waals surface area contributed by atoms with Crippen molar-refractivity contribution in [1.29, 1.82) is 0 Å². The number of H-pyrrole nitrogens is 1. The van der Waals surface area contributed by atoms with Gasteiger partial charge in [-0.1, -0.05) is 13.0 Å². The van der Waals surface area contributed by atoms with Crippen LogP contribution in [0.3, 0.4) is 0 Å². The van der Waals surface area contributed by atoms with Gasteiger partial charge in [-0.15, -0.1) is 5.10 Å². The number of amides is 1. The molecule has 0 aliphatic carbocycles. The summed E-state index contributed by atoms with van der Waals surface area (Å²) in [5.41, 5.74) is 2.56. The summed E-state index contributed by atoms with van der Waals surface area (Å²) in [6, 6.07) is 5.51. The lowest BCUT2D eigenvalue weighted by Gasteiger charge is -2.23. The zero-order chi connectivity index (χ0) is 23.4. The highest BCUT2D eigenvalue weighted by molar-refractivity contribution is 5.80. The molecule has 172 valence electrons. The molecule has 3 aromatic rings. The number of nitrogens with one attached hydrogen (secondary N) is 2. The molecule has 32 heavy (non-hydrogen) atoms. The molecule has 0 spiro atoms. The van der Waals surface area contributed by atoms with Crippen LogP contribution in [-0.4, -0.2) is 57.1 Å². The first-order valence-electron chi connectivity index (χ1n) is 11.0. The highest BCUT2D eigenvalue weighted by Gasteiger charge is 2.19. The maximum Gasteiger partial charge on any atom is 0.277 e. The number of aryl methyl sites for hydroxylation is 2. The second-order valence-corrected chi connectivity index (χ2v) is 7.90. The maximum absolute atomic E-state index is 12.9. The molecular formula is C23H32N6O3. The molecule has 0 saturated heterocycles. The standard InChI is InChI=1S/C23H32N6O3/c1-7-9-19-25-14(3)20-23(31)26-21(27-29(19)20)17-12-16(10-11-18(17)32-8-2)13-28(6)15(4)22(30)24-5/h10-12,15H,7-9,13H2,1-6H3,(H,24,30)(H,26,27,31). The predicted octanol–water partition coefficient (Wildman–Crippen LogP) is 2.31. The number of imidazole rings is 1. The van der Waals surface area contributed by atoms with Crippen molar-refractivity contribution in [1.82, 2.24) is 29.8 Å². The summed E-state index contributed by atoms with van der Waals surface area (Å²) < 4.78 is 7.47. The van der Waals surface area contributed by atoms with Gasteiger partial charge in [-0.25, -0.2) is 9.50 Å². The minimum absolute atomic E-state index is 0.0472. The van der Waals surface area contributed by atoms with E-state index in [0.29, 0.717) is 41.5 Å². The zero-order valence-corrected chi connectivity index (χ0v) is 19.7. The fourth-order valence-corrected chi connectivity index (χ4v) is 3.72. The smallest absolute Gasteiger partial charge is 0.277 e. The molecule has 3 rings (SSSR count). The minimum Gasteiger partial charge on any atom is -0.493 e. The summed E-state index contributed by atoms with van der Waals surface area (Å²) in [6.45, 7) is 8.69. The number of nitrogens with zero attached hydrogens (tertiary/aromatic N) is 4. The van der Waals surface area contributed by atoms with Crippen molar-refractivity contribution in [3.8, 4) is 17.1 Å². The highest BCUT2D eigenvalue weighted by atomic mass is 16.5. The Morgan fingerprint density at radius 1 is 1.34 bits per heavy atom. The van der Waals surface area contributed by atoms with Gasteiger partial charge in [0.1, 0.15) is 11.6 Å². The first-order chi connectivity index (χ1) is 15.3. The molecule has 9 heteroatoms. The van der Waals surface area contributed by atoms with Crippen LogP contribution in [0, 0.1) is 6.92 Å². The van der Waals surface area contributed by atoms with E-state index in [4.69, 9.17) is 9.84 Å². The Balaban J connectivity index is 2.08. The summed E-state index contributed by atoms with van der Waals surface area (Å²) in [6.07, 6.45) is 1.63. The number of aromatic amines is 1. The van der Waals surface area contributed by atoms with Crippen molar-refractivity contribution >= 4 is 11.4 Å². The van der Waals surface area contributed by atoms with E-state index in [1.165, 1.54) is 0 Å². The zero-order valence-electron chi connectivity index (χ0n) is 19.7. The van der Waals surface area contributed by atoms with Gasteiger partial charge in [0, 0.05) is 20.0 Å². The normalized spacial score (nSPS) is 12.3. The third-order valence-electron chi connectivity index (χ3n) is 5.53. The van der Waals surface area contributed by atoms with Crippen LogP contribution in [0.15, 0.2) is 23.0 Å². The summed E-state index contributed by atoms with van der Waals surface area (Å²) in [5, 5.41) is 7.40. The molecule has 2 N–H and O–H groups in total. The number of aromatic nitrogens is 4. The van der Waals surface area contributed by atoms with E-state index in [0.717, 1.165) is 24.2 Å². The molecular weight excluding hydrogens is 408 g/mol. The molecule has 9 nitrogen and oxygen atoms in total. The van der Waals surface area contributed by atoms with E-state index in [1.807, 2.05) is 50.9 Å². The average Bonchev–Trinajstić information content (AvgIpc) is 3.09. The molecule has 1 amide bonds. The Labute approximate surface area is 187 Å². The Kier molecular flexibility index (Phi) is 7.29. The van der Waals surface area contributed by atoms with Crippen LogP contribution < -0.4 is 15.6 Å². The van der Waals surface area contributed by atoms with Crippen LogP contribution in [0.5, 0.6) is 5.75 Å². The number of likely N-dealkylation sites (N-methyl/N-ethyl adjacent to an activating group) is 2. The minimum atomic E-state index is -0.283. The van der Waals surface area contributed by atoms with E-state index >= 15 is 0 Å². The number of fused-ring (bicyclic) bond motifs is 1. The van der Waals surface area contributed by atoms with E-state index in [-0.39, 0.29) is 17.5 Å². The van der Waals surface area contributed by atoms with Crippen LogP contribution in [0.2, 0.25) is 0 Å². The summed E-state index contributed by atoms with van der Waals surface area (Å²) >= 11 is 0.